The van der Waals surface area contributed by atoms with E-state index in [2.05, 4.69) is 10.3 Å². The van der Waals surface area contributed by atoms with Crippen molar-refractivity contribution in [1.82, 2.24) is 4.98 Å². The molecule has 0 aliphatic carbocycles. The number of rotatable bonds is 5. The summed E-state index contributed by atoms with van der Waals surface area (Å²) < 4.78 is 5.74. The molecule has 3 N–H and O–H groups in total. The maximum absolute atomic E-state index is 11.7. The van der Waals surface area contributed by atoms with Gasteiger partial charge in [-0.3, -0.25) is 9.78 Å². The number of benzene rings is 1. The molecular weight excluding hydrogens is 266 g/mol. The summed E-state index contributed by atoms with van der Waals surface area (Å²) in [5.74, 6) is 1.31. The minimum Gasteiger partial charge on any atom is -0.455 e. The molecule has 1 aromatic carbocycles. The highest BCUT2D eigenvalue weighted by molar-refractivity contribution is 5.91. The second kappa shape index (κ2) is 6.85. The standard InChI is InChI=1S/C16H19N3O2/c1-11-8-13(19-16(20)9-12(2)17)5-6-15(11)21-14-4-3-7-18-10-14/h3-8,10,12H,9,17H2,1-2H3,(H,19,20). The molecule has 2 aromatic rings. The summed E-state index contributed by atoms with van der Waals surface area (Å²) in [4.78, 5) is 15.7. The Hall–Kier alpha value is -2.40. The maximum Gasteiger partial charge on any atom is 0.225 e. The number of ether oxygens (including phenoxy) is 1. The minimum atomic E-state index is -0.153. The fourth-order valence-electron chi connectivity index (χ4n) is 1.88. The summed E-state index contributed by atoms with van der Waals surface area (Å²) in [6.07, 6.45) is 3.64. The van der Waals surface area contributed by atoms with Crippen LogP contribution in [0.5, 0.6) is 11.5 Å². The van der Waals surface area contributed by atoms with Crippen molar-refractivity contribution in [3.05, 3.63) is 48.3 Å². The molecule has 0 fully saturated rings. The highest BCUT2D eigenvalue weighted by Crippen LogP contribution is 2.26. The van der Waals surface area contributed by atoms with Crippen molar-refractivity contribution in [3.8, 4) is 11.5 Å². The van der Waals surface area contributed by atoms with Crippen LogP contribution in [0.15, 0.2) is 42.7 Å². The number of nitrogens with one attached hydrogen (secondary N) is 1. The van der Waals surface area contributed by atoms with E-state index in [0.717, 1.165) is 17.0 Å². The van der Waals surface area contributed by atoms with Crippen LogP contribution in [0.25, 0.3) is 0 Å². The number of nitrogens with zero attached hydrogens (tertiary/aromatic N) is 1. The van der Waals surface area contributed by atoms with Crippen LogP contribution in [0.3, 0.4) is 0 Å². The molecule has 0 saturated heterocycles. The molecule has 110 valence electrons. The predicted octanol–water partition coefficient (Wildman–Crippen LogP) is 2.86. The molecule has 1 heterocycles. The summed E-state index contributed by atoms with van der Waals surface area (Å²) in [7, 11) is 0. The SMILES string of the molecule is Cc1cc(NC(=O)CC(C)N)ccc1Oc1cccnc1. The Bertz CT molecular complexity index is 612. The van der Waals surface area contributed by atoms with E-state index in [9.17, 15) is 4.79 Å². The summed E-state index contributed by atoms with van der Waals surface area (Å²) in [5, 5.41) is 2.82. The zero-order valence-electron chi connectivity index (χ0n) is 12.2. The average Bonchev–Trinajstić information content (AvgIpc) is 2.42. The molecule has 21 heavy (non-hydrogen) atoms. The molecule has 1 amide bonds. The van der Waals surface area contributed by atoms with Gasteiger partial charge in [-0.05, 0) is 49.7 Å². The smallest absolute Gasteiger partial charge is 0.225 e. The number of carbonyl (C=O) groups is 1. The lowest BCUT2D eigenvalue weighted by Gasteiger charge is -2.11. The molecule has 0 radical (unpaired) electrons. The zero-order chi connectivity index (χ0) is 15.2. The number of hydrogen-bond acceptors (Lipinski definition) is 4. The van der Waals surface area contributed by atoms with E-state index in [1.807, 2.05) is 31.2 Å². The molecule has 5 heteroatoms. The van der Waals surface area contributed by atoms with Gasteiger partial charge in [0, 0.05) is 24.3 Å². The van der Waals surface area contributed by atoms with E-state index in [-0.39, 0.29) is 11.9 Å². The summed E-state index contributed by atoms with van der Waals surface area (Å²) >= 11 is 0. The topological polar surface area (TPSA) is 77.2 Å². The largest absolute Gasteiger partial charge is 0.455 e. The molecule has 2 rings (SSSR count). The number of nitrogens with two attached hydrogens (primary N) is 1. The summed E-state index contributed by atoms with van der Waals surface area (Å²) in [5.41, 5.74) is 7.26. The first-order chi connectivity index (χ1) is 10.0. The van der Waals surface area contributed by atoms with Crippen LogP contribution in [0.4, 0.5) is 5.69 Å². The van der Waals surface area contributed by atoms with Gasteiger partial charge >= 0.3 is 0 Å². The van der Waals surface area contributed by atoms with Gasteiger partial charge in [0.1, 0.15) is 11.5 Å². The van der Waals surface area contributed by atoms with Crippen LogP contribution in [0, 0.1) is 6.92 Å². The number of pyridine rings is 1. The quantitative estimate of drug-likeness (QED) is 0.885. The summed E-state index contributed by atoms with van der Waals surface area (Å²) in [6.45, 7) is 3.72. The molecule has 5 nitrogen and oxygen atoms in total. The van der Waals surface area contributed by atoms with Gasteiger partial charge in [-0.25, -0.2) is 0 Å². The van der Waals surface area contributed by atoms with Gasteiger partial charge < -0.3 is 15.8 Å². The lowest BCUT2D eigenvalue weighted by Crippen LogP contribution is -2.23. The zero-order valence-corrected chi connectivity index (χ0v) is 12.2. The first-order valence-corrected chi connectivity index (χ1v) is 6.78. The molecule has 0 bridgehead atoms. The first kappa shape index (κ1) is 15.0. The maximum atomic E-state index is 11.7. The van der Waals surface area contributed by atoms with Gasteiger partial charge in [0.2, 0.25) is 5.91 Å². The van der Waals surface area contributed by atoms with E-state index >= 15 is 0 Å². The van der Waals surface area contributed by atoms with Gasteiger partial charge in [-0.2, -0.15) is 0 Å². The van der Waals surface area contributed by atoms with Crippen molar-refractivity contribution < 1.29 is 9.53 Å². The second-order valence-corrected chi connectivity index (χ2v) is 5.00. The molecule has 0 aliphatic heterocycles. The van der Waals surface area contributed by atoms with E-state index < -0.39 is 0 Å². The summed E-state index contributed by atoms with van der Waals surface area (Å²) in [6, 6.07) is 8.99. The molecule has 1 atom stereocenters. The average molecular weight is 285 g/mol. The minimum absolute atomic E-state index is 0.0923. The van der Waals surface area contributed by atoms with E-state index in [1.165, 1.54) is 0 Å². The van der Waals surface area contributed by atoms with Gasteiger partial charge in [0.05, 0.1) is 6.20 Å². The van der Waals surface area contributed by atoms with Gasteiger partial charge in [0.15, 0.2) is 0 Å². The van der Waals surface area contributed by atoms with Crippen molar-refractivity contribution >= 4 is 11.6 Å². The van der Waals surface area contributed by atoms with Crippen molar-refractivity contribution in [2.45, 2.75) is 26.3 Å². The third-order valence-corrected chi connectivity index (χ3v) is 2.83. The van der Waals surface area contributed by atoms with E-state index in [1.54, 1.807) is 25.4 Å². The van der Waals surface area contributed by atoms with Crippen molar-refractivity contribution in [2.75, 3.05) is 5.32 Å². The number of aryl methyl sites for hydroxylation is 1. The van der Waals surface area contributed by atoms with Gasteiger partial charge in [-0.15, -0.1) is 0 Å². The third-order valence-electron chi connectivity index (χ3n) is 2.83. The Kier molecular flexibility index (Phi) is 4.90. The Balaban J connectivity index is 2.05. The van der Waals surface area contributed by atoms with Crippen molar-refractivity contribution in [3.63, 3.8) is 0 Å². The number of hydrogen-bond donors (Lipinski definition) is 2. The Labute approximate surface area is 124 Å². The Morgan fingerprint density at radius 1 is 1.43 bits per heavy atom. The van der Waals surface area contributed by atoms with Crippen LogP contribution in [0.1, 0.15) is 18.9 Å². The van der Waals surface area contributed by atoms with Crippen LogP contribution >= 0.6 is 0 Å². The van der Waals surface area contributed by atoms with Crippen LogP contribution < -0.4 is 15.8 Å². The molecule has 1 aromatic heterocycles. The third kappa shape index (κ3) is 4.57. The van der Waals surface area contributed by atoms with Crippen molar-refractivity contribution in [2.24, 2.45) is 5.73 Å². The first-order valence-electron chi connectivity index (χ1n) is 6.78. The Morgan fingerprint density at radius 3 is 2.86 bits per heavy atom. The normalized spacial score (nSPS) is 11.8. The predicted molar refractivity (Wildman–Crippen MR) is 82.4 cm³/mol. The molecular formula is C16H19N3O2. The fraction of sp³-hybridized carbons (Fsp3) is 0.250. The van der Waals surface area contributed by atoms with Crippen LogP contribution in [-0.2, 0) is 4.79 Å². The van der Waals surface area contributed by atoms with Crippen LogP contribution in [-0.4, -0.2) is 16.9 Å². The highest BCUT2D eigenvalue weighted by atomic mass is 16.5. The van der Waals surface area contributed by atoms with Gasteiger partial charge in [0.25, 0.3) is 0 Å². The lowest BCUT2D eigenvalue weighted by atomic mass is 10.2. The number of amides is 1. The van der Waals surface area contributed by atoms with E-state index in [0.29, 0.717) is 12.2 Å². The fourth-order valence-corrected chi connectivity index (χ4v) is 1.88. The number of anilines is 1. The molecule has 1 unspecified atom stereocenters. The molecule has 0 spiro atoms. The number of carbonyl (C=O) groups excluding carboxylic acids is 1. The monoisotopic (exact) mass is 285 g/mol. The number of aromatic nitrogens is 1. The molecule has 0 saturated carbocycles. The van der Waals surface area contributed by atoms with Crippen LogP contribution in [0.2, 0.25) is 0 Å². The highest BCUT2D eigenvalue weighted by Gasteiger charge is 2.07. The molecule has 0 aliphatic rings. The Morgan fingerprint density at radius 2 is 2.24 bits per heavy atom. The van der Waals surface area contributed by atoms with Gasteiger partial charge in [-0.1, -0.05) is 0 Å². The lowest BCUT2D eigenvalue weighted by molar-refractivity contribution is -0.116. The second-order valence-electron chi connectivity index (χ2n) is 5.00. The van der Waals surface area contributed by atoms with Crippen molar-refractivity contribution in [1.29, 1.82) is 0 Å². The van der Waals surface area contributed by atoms with E-state index in [4.69, 9.17) is 10.5 Å².